The quantitative estimate of drug-likeness (QED) is 0.808. The second-order valence-electron chi connectivity index (χ2n) is 6.09. The third-order valence-corrected chi connectivity index (χ3v) is 4.15. The zero-order valence-corrected chi connectivity index (χ0v) is 14.9. The Labute approximate surface area is 152 Å². The van der Waals surface area contributed by atoms with Crippen molar-refractivity contribution in [2.24, 2.45) is 0 Å². The van der Waals surface area contributed by atoms with Crippen molar-refractivity contribution in [3.8, 4) is 11.5 Å². The molecule has 2 aromatic rings. The van der Waals surface area contributed by atoms with Crippen LogP contribution in [0.15, 0.2) is 36.4 Å². The highest BCUT2D eigenvalue weighted by molar-refractivity contribution is 6.08. The molecular formula is C20H22N2O4. The minimum Gasteiger partial charge on any atom is -0.486 e. The van der Waals surface area contributed by atoms with E-state index >= 15 is 0 Å². The van der Waals surface area contributed by atoms with Gasteiger partial charge >= 0.3 is 0 Å². The first-order chi connectivity index (χ1) is 12.6. The first-order valence-corrected chi connectivity index (χ1v) is 8.64. The van der Waals surface area contributed by atoms with E-state index in [-0.39, 0.29) is 18.2 Å². The number of para-hydroxylation sites is 1. The van der Waals surface area contributed by atoms with Crippen molar-refractivity contribution in [1.29, 1.82) is 0 Å². The summed E-state index contributed by atoms with van der Waals surface area (Å²) >= 11 is 0. The molecule has 1 heterocycles. The molecule has 1 aliphatic heterocycles. The normalized spacial score (nSPS) is 12.4. The number of carbonyl (C=O) groups excluding carboxylic acids is 2. The second-order valence-corrected chi connectivity index (χ2v) is 6.09. The average molecular weight is 354 g/mol. The van der Waals surface area contributed by atoms with E-state index in [4.69, 9.17) is 9.47 Å². The van der Waals surface area contributed by atoms with Crippen molar-refractivity contribution in [2.75, 3.05) is 23.8 Å². The summed E-state index contributed by atoms with van der Waals surface area (Å²) in [5.41, 5.74) is 3.37. The summed E-state index contributed by atoms with van der Waals surface area (Å²) in [6, 6.07) is 11.0. The molecule has 2 N–H and O–H groups in total. The maximum Gasteiger partial charge on any atom is 0.233 e. The average Bonchev–Trinajstić information content (AvgIpc) is 2.63. The van der Waals surface area contributed by atoms with Gasteiger partial charge in [0, 0.05) is 17.4 Å². The number of nitrogens with one attached hydrogen (secondary N) is 2. The summed E-state index contributed by atoms with van der Waals surface area (Å²) in [5, 5.41) is 5.57. The summed E-state index contributed by atoms with van der Waals surface area (Å²) in [5.74, 6) is 0.513. The standard InChI is InChI=1S/C20H22N2O4/c1-3-14-6-4-5-13(2)20(14)22-19(24)12-18(23)21-15-7-8-16-17(11-15)26-10-9-25-16/h4-8,11H,3,9-10,12H2,1-2H3,(H,21,23)(H,22,24). The number of anilines is 2. The molecule has 0 aromatic heterocycles. The third kappa shape index (κ3) is 4.14. The number of hydrogen-bond acceptors (Lipinski definition) is 4. The zero-order chi connectivity index (χ0) is 18.5. The molecule has 1 aliphatic rings. The van der Waals surface area contributed by atoms with Gasteiger partial charge in [-0.2, -0.15) is 0 Å². The van der Waals surface area contributed by atoms with E-state index in [1.807, 2.05) is 32.0 Å². The topological polar surface area (TPSA) is 76.7 Å². The number of carbonyl (C=O) groups is 2. The van der Waals surface area contributed by atoms with Gasteiger partial charge < -0.3 is 20.1 Å². The van der Waals surface area contributed by atoms with E-state index < -0.39 is 0 Å². The first kappa shape index (κ1) is 17.8. The molecule has 136 valence electrons. The predicted octanol–water partition coefficient (Wildman–Crippen LogP) is 3.30. The van der Waals surface area contributed by atoms with Gasteiger partial charge in [0.2, 0.25) is 11.8 Å². The molecule has 0 radical (unpaired) electrons. The van der Waals surface area contributed by atoms with Gasteiger partial charge in [0.05, 0.1) is 0 Å². The van der Waals surface area contributed by atoms with Crippen molar-refractivity contribution in [1.82, 2.24) is 0 Å². The lowest BCUT2D eigenvalue weighted by atomic mass is 10.1. The van der Waals surface area contributed by atoms with Crippen molar-refractivity contribution in [3.63, 3.8) is 0 Å². The highest BCUT2D eigenvalue weighted by Crippen LogP contribution is 2.32. The lowest BCUT2D eigenvalue weighted by molar-refractivity contribution is -0.123. The zero-order valence-electron chi connectivity index (χ0n) is 14.9. The third-order valence-electron chi connectivity index (χ3n) is 4.15. The summed E-state index contributed by atoms with van der Waals surface area (Å²) in [6.07, 6.45) is 0.548. The number of rotatable bonds is 5. The molecule has 3 rings (SSSR count). The number of benzene rings is 2. The van der Waals surface area contributed by atoms with Gasteiger partial charge in [0.15, 0.2) is 11.5 Å². The fraction of sp³-hybridized carbons (Fsp3) is 0.300. The van der Waals surface area contributed by atoms with E-state index in [0.717, 1.165) is 23.2 Å². The minimum absolute atomic E-state index is 0.258. The summed E-state index contributed by atoms with van der Waals surface area (Å²) in [4.78, 5) is 24.4. The molecule has 2 aromatic carbocycles. The molecule has 0 spiro atoms. The van der Waals surface area contributed by atoms with Gasteiger partial charge in [-0.15, -0.1) is 0 Å². The summed E-state index contributed by atoms with van der Waals surface area (Å²) in [6.45, 7) is 4.95. The van der Waals surface area contributed by atoms with Gasteiger partial charge in [0.1, 0.15) is 19.6 Å². The summed E-state index contributed by atoms with van der Waals surface area (Å²) in [7, 11) is 0. The Morgan fingerprint density at radius 2 is 1.73 bits per heavy atom. The molecule has 0 fully saturated rings. The number of aryl methyl sites for hydroxylation is 2. The molecule has 6 heteroatoms. The highest BCUT2D eigenvalue weighted by Gasteiger charge is 2.15. The van der Waals surface area contributed by atoms with Crippen LogP contribution in [0.1, 0.15) is 24.5 Å². The van der Waals surface area contributed by atoms with E-state index in [2.05, 4.69) is 10.6 Å². The molecule has 26 heavy (non-hydrogen) atoms. The second kappa shape index (κ2) is 7.91. The number of fused-ring (bicyclic) bond motifs is 1. The van der Waals surface area contributed by atoms with Crippen LogP contribution in [0.3, 0.4) is 0 Å². The number of ether oxygens (including phenoxy) is 2. The monoisotopic (exact) mass is 354 g/mol. The molecule has 0 aliphatic carbocycles. The number of hydrogen-bond donors (Lipinski definition) is 2. The van der Waals surface area contributed by atoms with Crippen LogP contribution in [0.2, 0.25) is 0 Å². The van der Waals surface area contributed by atoms with Crippen LogP contribution in [-0.2, 0) is 16.0 Å². The van der Waals surface area contributed by atoms with Crippen LogP contribution < -0.4 is 20.1 Å². The molecule has 0 bridgehead atoms. The van der Waals surface area contributed by atoms with Crippen molar-refractivity contribution >= 4 is 23.2 Å². The molecule has 0 unspecified atom stereocenters. The minimum atomic E-state index is -0.384. The Morgan fingerprint density at radius 3 is 2.50 bits per heavy atom. The Balaban J connectivity index is 1.61. The lowest BCUT2D eigenvalue weighted by Gasteiger charge is -2.19. The van der Waals surface area contributed by atoms with Crippen LogP contribution in [0, 0.1) is 6.92 Å². The van der Waals surface area contributed by atoms with Crippen LogP contribution >= 0.6 is 0 Å². The maximum absolute atomic E-state index is 12.2. The van der Waals surface area contributed by atoms with Crippen molar-refractivity contribution in [2.45, 2.75) is 26.7 Å². The number of amides is 2. The Hall–Kier alpha value is -3.02. The molecule has 0 saturated carbocycles. The van der Waals surface area contributed by atoms with Gasteiger partial charge in [0.25, 0.3) is 0 Å². The van der Waals surface area contributed by atoms with Crippen LogP contribution in [-0.4, -0.2) is 25.0 Å². The highest BCUT2D eigenvalue weighted by atomic mass is 16.6. The largest absolute Gasteiger partial charge is 0.486 e. The van der Waals surface area contributed by atoms with Crippen molar-refractivity contribution in [3.05, 3.63) is 47.5 Å². The van der Waals surface area contributed by atoms with Gasteiger partial charge in [-0.1, -0.05) is 25.1 Å². The fourth-order valence-corrected chi connectivity index (χ4v) is 2.86. The molecule has 2 amide bonds. The van der Waals surface area contributed by atoms with Crippen LogP contribution in [0.25, 0.3) is 0 Å². The predicted molar refractivity (Wildman–Crippen MR) is 99.9 cm³/mol. The van der Waals surface area contributed by atoms with E-state index in [9.17, 15) is 9.59 Å². The van der Waals surface area contributed by atoms with Crippen LogP contribution in [0.5, 0.6) is 11.5 Å². The molecule has 6 nitrogen and oxygen atoms in total. The molecular weight excluding hydrogens is 332 g/mol. The Kier molecular flexibility index (Phi) is 5.41. The van der Waals surface area contributed by atoms with E-state index in [1.54, 1.807) is 18.2 Å². The fourth-order valence-electron chi connectivity index (χ4n) is 2.86. The first-order valence-electron chi connectivity index (χ1n) is 8.64. The van der Waals surface area contributed by atoms with Crippen LogP contribution in [0.4, 0.5) is 11.4 Å². The molecule has 0 atom stereocenters. The van der Waals surface area contributed by atoms with Crippen molar-refractivity contribution < 1.29 is 19.1 Å². The summed E-state index contributed by atoms with van der Waals surface area (Å²) < 4.78 is 10.9. The SMILES string of the molecule is CCc1cccc(C)c1NC(=O)CC(=O)Nc1ccc2c(c1)OCCO2. The van der Waals surface area contributed by atoms with Gasteiger partial charge in [-0.05, 0) is 36.6 Å². The van der Waals surface area contributed by atoms with Gasteiger partial charge in [-0.3, -0.25) is 9.59 Å². The Morgan fingerprint density at radius 1 is 1.00 bits per heavy atom. The lowest BCUT2D eigenvalue weighted by Crippen LogP contribution is -2.22. The van der Waals surface area contributed by atoms with E-state index in [0.29, 0.717) is 30.4 Å². The smallest absolute Gasteiger partial charge is 0.233 e. The maximum atomic E-state index is 12.2. The Bertz CT molecular complexity index is 833. The van der Waals surface area contributed by atoms with Gasteiger partial charge in [-0.25, -0.2) is 0 Å². The molecule has 0 saturated heterocycles. The van der Waals surface area contributed by atoms with E-state index in [1.165, 1.54) is 0 Å².